The molecule has 2 aliphatic heterocycles. The Labute approximate surface area is 125 Å². The fourth-order valence-electron chi connectivity index (χ4n) is 4.20. The first kappa shape index (κ1) is 14.5. The first-order valence-electron chi connectivity index (χ1n) is 7.94. The Morgan fingerprint density at radius 3 is 2.95 bits per heavy atom. The number of nitrogens with zero attached hydrogens (tertiary/aromatic N) is 4. The van der Waals surface area contributed by atoms with Crippen molar-refractivity contribution in [3.8, 4) is 0 Å². The van der Waals surface area contributed by atoms with E-state index in [2.05, 4.69) is 21.9 Å². The number of fused-ring (bicyclic) bond motifs is 2. The molecule has 3 heterocycles. The molecule has 21 heavy (non-hydrogen) atoms. The summed E-state index contributed by atoms with van der Waals surface area (Å²) in [5.41, 5.74) is -0.0511. The van der Waals surface area contributed by atoms with Crippen LogP contribution in [0.3, 0.4) is 0 Å². The monoisotopic (exact) mass is 292 g/mol. The number of hydrogen-bond donors (Lipinski definition) is 1. The van der Waals surface area contributed by atoms with Gasteiger partial charge in [-0.25, -0.2) is 4.98 Å². The highest BCUT2D eigenvalue weighted by Gasteiger charge is 2.55. The second-order valence-electron chi connectivity index (χ2n) is 6.39. The molecule has 1 N–H and O–H groups in total. The summed E-state index contributed by atoms with van der Waals surface area (Å²) >= 11 is 0. The van der Waals surface area contributed by atoms with Gasteiger partial charge in [0.25, 0.3) is 0 Å². The first-order valence-corrected chi connectivity index (χ1v) is 7.94. The molecular formula is C15H24N4O2. The van der Waals surface area contributed by atoms with Gasteiger partial charge in [-0.2, -0.15) is 5.10 Å². The molecule has 0 aromatic carbocycles. The van der Waals surface area contributed by atoms with Crippen LogP contribution in [0.2, 0.25) is 0 Å². The summed E-state index contributed by atoms with van der Waals surface area (Å²) in [7, 11) is 0. The lowest BCUT2D eigenvalue weighted by Crippen LogP contribution is -2.42. The molecule has 0 spiro atoms. The number of aliphatic hydroxyl groups excluding tert-OH is 1. The quantitative estimate of drug-likeness (QED) is 0.855. The third-order valence-corrected chi connectivity index (χ3v) is 5.40. The lowest BCUT2D eigenvalue weighted by molar-refractivity contribution is -0.133. The molecule has 1 aromatic heterocycles. The highest BCUT2D eigenvalue weighted by atomic mass is 16.3. The first-order chi connectivity index (χ1) is 10.2. The Morgan fingerprint density at radius 1 is 1.48 bits per heavy atom. The molecule has 2 fully saturated rings. The highest BCUT2D eigenvalue weighted by molar-refractivity contribution is 5.77. The predicted octanol–water partition coefficient (Wildman–Crippen LogP) is 1.21. The molecule has 2 saturated heterocycles. The van der Waals surface area contributed by atoms with Crippen molar-refractivity contribution in [2.45, 2.75) is 64.1 Å². The molecule has 1 aromatic rings. The molecule has 3 rings (SSSR count). The molecule has 3 atom stereocenters. The average molecular weight is 292 g/mol. The van der Waals surface area contributed by atoms with E-state index in [0.717, 1.165) is 38.6 Å². The smallest absolute Gasteiger partial charge is 0.223 e. The molecule has 0 unspecified atom stereocenters. The number of rotatable bonds is 6. The van der Waals surface area contributed by atoms with E-state index in [1.807, 2.05) is 0 Å². The molecule has 0 aliphatic carbocycles. The minimum Gasteiger partial charge on any atom is -0.396 e. The van der Waals surface area contributed by atoms with Crippen molar-refractivity contribution < 1.29 is 9.90 Å². The summed E-state index contributed by atoms with van der Waals surface area (Å²) in [6.07, 6.45) is 8.60. The zero-order chi connectivity index (χ0) is 14.9. The van der Waals surface area contributed by atoms with Gasteiger partial charge in [-0.3, -0.25) is 9.48 Å². The zero-order valence-corrected chi connectivity index (χ0v) is 12.6. The predicted molar refractivity (Wildman–Crippen MR) is 77.3 cm³/mol. The summed E-state index contributed by atoms with van der Waals surface area (Å²) in [5.74, 6) is 0.242. The van der Waals surface area contributed by atoms with Crippen LogP contribution in [-0.4, -0.2) is 49.4 Å². The van der Waals surface area contributed by atoms with Gasteiger partial charge in [0.1, 0.15) is 12.7 Å². The van der Waals surface area contributed by atoms with Gasteiger partial charge < -0.3 is 10.0 Å². The summed E-state index contributed by atoms with van der Waals surface area (Å²) < 4.78 is 1.76. The summed E-state index contributed by atoms with van der Waals surface area (Å²) in [6, 6.07) is 0.595. The standard InChI is InChI=1S/C15H24N4O2/c1-2-15(9-20)8-12-5-6-13(15)19(12)14(21)4-3-7-18-11-16-10-17-18/h10-13,20H,2-9H2,1H3/t12-,13+,15-/m1/s1. The fraction of sp³-hybridized carbons (Fsp3) is 0.800. The second kappa shape index (κ2) is 5.75. The number of aromatic nitrogens is 3. The van der Waals surface area contributed by atoms with Gasteiger partial charge in [0.2, 0.25) is 5.91 Å². The number of carbonyl (C=O) groups is 1. The van der Waals surface area contributed by atoms with Crippen LogP contribution in [0.25, 0.3) is 0 Å². The van der Waals surface area contributed by atoms with Gasteiger partial charge in [-0.1, -0.05) is 6.92 Å². The minimum atomic E-state index is -0.0511. The SMILES string of the molecule is CC[C@]1(CO)C[C@H]2CC[C@@H]1N2C(=O)CCCn1cncn1. The molecule has 2 aliphatic rings. The lowest BCUT2D eigenvalue weighted by atomic mass is 9.72. The van der Waals surface area contributed by atoms with Crippen LogP contribution >= 0.6 is 0 Å². The van der Waals surface area contributed by atoms with E-state index < -0.39 is 0 Å². The van der Waals surface area contributed by atoms with Gasteiger partial charge in [-0.15, -0.1) is 0 Å². The van der Waals surface area contributed by atoms with E-state index in [9.17, 15) is 9.90 Å². The third-order valence-electron chi connectivity index (χ3n) is 5.40. The number of aliphatic hydroxyl groups is 1. The summed E-state index contributed by atoms with van der Waals surface area (Å²) in [6.45, 7) is 3.06. The van der Waals surface area contributed by atoms with Crippen molar-refractivity contribution in [3.05, 3.63) is 12.7 Å². The molecule has 2 bridgehead atoms. The van der Waals surface area contributed by atoms with Crippen molar-refractivity contribution in [1.29, 1.82) is 0 Å². The Hall–Kier alpha value is -1.43. The fourth-order valence-corrected chi connectivity index (χ4v) is 4.20. The topological polar surface area (TPSA) is 71.2 Å². The Balaban J connectivity index is 1.58. The molecular weight excluding hydrogens is 268 g/mol. The normalized spacial score (nSPS) is 31.0. The van der Waals surface area contributed by atoms with Gasteiger partial charge in [0, 0.05) is 30.5 Å². The summed E-state index contributed by atoms with van der Waals surface area (Å²) in [4.78, 5) is 18.5. The maximum absolute atomic E-state index is 12.6. The van der Waals surface area contributed by atoms with Crippen LogP contribution in [0.4, 0.5) is 0 Å². The molecule has 1 amide bonds. The van der Waals surface area contributed by atoms with Gasteiger partial charge >= 0.3 is 0 Å². The second-order valence-corrected chi connectivity index (χ2v) is 6.39. The molecule has 0 radical (unpaired) electrons. The minimum absolute atomic E-state index is 0.0511. The van der Waals surface area contributed by atoms with Gasteiger partial charge in [0.05, 0.1) is 6.61 Å². The van der Waals surface area contributed by atoms with Crippen molar-refractivity contribution in [3.63, 3.8) is 0 Å². The Kier molecular flexibility index (Phi) is 3.97. The van der Waals surface area contributed by atoms with Crippen LogP contribution in [0.5, 0.6) is 0 Å². The van der Waals surface area contributed by atoms with E-state index >= 15 is 0 Å². The molecule has 6 heteroatoms. The van der Waals surface area contributed by atoms with Crippen LogP contribution < -0.4 is 0 Å². The van der Waals surface area contributed by atoms with Crippen LogP contribution in [-0.2, 0) is 11.3 Å². The Bertz CT molecular complexity index is 484. The molecule has 0 saturated carbocycles. The van der Waals surface area contributed by atoms with Crippen molar-refractivity contribution >= 4 is 5.91 Å². The van der Waals surface area contributed by atoms with Crippen molar-refractivity contribution in [2.75, 3.05) is 6.61 Å². The zero-order valence-electron chi connectivity index (χ0n) is 12.6. The number of amides is 1. The largest absolute Gasteiger partial charge is 0.396 e. The molecule has 116 valence electrons. The van der Waals surface area contributed by atoms with Crippen LogP contribution in [0.1, 0.15) is 45.4 Å². The maximum Gasteiger partial charge on any atom is 0.223 e. The van der Waals surface area contributed by atoms with E-state index in [-0.39, 0.29) is 24.0 Å². The number of hydrogen-bond acceptors (Lipinski definition) is 4. The van der Waals surface area contributed by atoms with E-state index in [4.69, 9.17) is 0 Å². The number of aryl methyl sites for hydroxylation is 1. The van der Waals surface area contributed by atoms with E-state index in [1.54, 1.807) is 11.0 Å². The maximum atomic E-state index is 12.6. The molecule has 6 nitrogen and oxygen atoms in total. The number of carbonyl (C=O) groups excluding carboxylic acids is 1. The highest BCUT2D eigenvalue weighted by Crippen LogP contribution is 2.51. The van der Waals surface area contributed by atoms with Crippen LogP contribution in [0.15, 0.2) is 12.7 Å². The lowest BCUT2D eigenvalue weighted by Gasteiger charge is -2.34. The average Bonchev–Trinajstić information content (AvgIpc) is 3.21. The van der Waals surface area contributed by atoms with Crippen molar-refractivity contribution in [2.24, 2.45) is 5.41 Å². The van der Waals surface area contributed by atoms with Gasteiger partial charge in [0.15, 0.2) is 0 Å². The summed E-state index contributed by atoms with van der Waals surface area (Å²) in [5, 5.41) is 13.8. The van der Waals surface area contributed by atoms with E-state index in [0.29, 0.717) is 12.5 Å². The third kappa shape index (κ3) is 2.46. The van der Waals surface area contributed by atoms with Gasteiger partial charge in [-0.05, 0) is 32.1 Å². The Morgan fingerprint density at radius 2 is 2.33 bits per heavy atom. The van der Waals surface area contributed by atoms with E-state index in [1.165, 1.54) is 6.33 Å². The van der Waals surface area contributed by atoms with Crippen molar-refractivity contribution in [1.82, 2.24) is 19.7 Å². The van der Waals surface area contributed by atoms with Crippen LogP contribution in [0, 0.1) is 5.41 Å².